The van der Waals surface area contributed by atoms with Crippen LogP contribution >= 0.6 is 0 Å². The van der Waals surface area contributed by atoms with Crippen molar-refractivity contribution in [2.24, 2.45) is 5.92 Å². The van der Waals surface area contributed by atoms with Crippen LogP contribution in [0.4, 0.5) is 0 Å². The number of fused-ring (bicyclic) bond motifs is 1. The summed E-state index contributed by atoms with van der Waals surface area (Å²) in [4.78, 5) is 2.69. The predicted molar refractivity (Wildman–Crippen MR) is 63.0 cm³/mol. The molecule has 1 aliphatic carbocycles. The van der Waals surface area contributed by atoms with Gasteiger partial charge in [-0.2, -0.15) is 0 Å². The van der Waals surface area contributed by atoms with Crippen LogP contribution in [0.25, 0.3) is 0 Å². The minimum absolute atomic E-state index is 0.826. The van der Waals surface area contributed by atoms with Gasteiger partial charge in [-0.15, -0.1) is 0 Å². The van der Waals surface area contributed by atoms with E-state index < -0.39 is 0 Å². The SMILES string of the molecule is C(CNC1CCN2CCCC12)CC1CC1. The Morgan fingerprint density at radius 2 is 2.00 bits per heavy atom. The van der Waals surface area contributed by atoms with Crippen molar-refractivity contribution in [3.63, 3.8) is 0 Å². The standard InChI is InChI=1S/C13H24N2/c1(3-11-5-6-11)8-14-12-7-10-15-9-2-4-13(12)15/h11-14H,1-10H2. The molecule has 2 unspecified atom stereocenters. The molecule has 0 bridgehead atoms. The van der Waals surface area contributed by atoms with E-state index in [0.29, 0.717) is 0 Å². The molecule has 0 aromatic heterocycles. The van der Waals surface area contributed by atoms with Crippen LogP contribution in [0.2, 0.25) is 0 Å². The molecule has 2 heteroatoms. The lowest BCUT2D eigenvalue weighted by atomic mass is 10.1. The first kappa shape index (κ1) is 10.1. The fraction of sp³-hybridized carbons (Fsp3) is 1.00. The molecule has 15 heavy (non-hydrogen) atoms. The zero-order chi connectivity index (χ0) is 10.1. The molecule has 1 saturated carbocycles. The second-order valence-corrected chi connectivity index (χ2v) is 5.68. The van der Waals surface area contributed by atoms with E-state index in [1.807, 2.05) is 0 Å². The molecule has 0 aromatic rings. The lowest BCUT2D eigenvalue weighted by molar-refractivity contribution is 0.298. The van der Waals surface area contributed by atoms with Crippen LogP contribution in [0.5, 0.6) is 0 Å². The van der Waals surface area contributed by atoms with Gasteiger partial charge in [0.05, 0.1) is 0 Å². The van der Waals surface area contributed by atoms with Gasteiger partial charge in [-0.1, -0.05) is 12.8 Å². The van der Waals surface area contributed by atoms with Crippen molar-refractivity contribution in [2.45, 2.75) is 57.0 Å². The molecule has 2 heterocycles. The van der Waals surface area contributed by atoms with Crippen LogP contribution in [-0.4, -0.2) is 36.6 Å². The van der Waals surface area contributed by atoms with E-state index in [9.17, 15) is 0 Å². The Morgan fingerprint density at radius 1 is 1.07 bits per heavy atom. The van der Waals surface area contributed by atoms with E-state index >= 15 is 0 Å². The number of nitrogens with zero attached hydrogens (tertiary/aromatic N) is 1. The van der Waals surface area contributed by atoms with Gasteiger partial charge in [-0.3, -0.25) is 4.90 Å². The fourth-order valence-electron chi connectivity index (χ4n) is 3.41. The molecule has 3 fully saturated rings. The summed E-state index contributed by atoms with van der Waals surface area (Å²) in [5, 5.41) is 3.79. The van der Waals surface area contributed by atoms with E-state index in [0.717, 1.165) is 18.0 Å². The topological polar surface area (TPSA) is 15.3 Å². The summed E-state index contributed by atoms with van der Waals surface area (Å²) in [6.07, 6.45) is 10.2. The maximum atomic E-state index is 3.79. The minimum atomic E-state index is 0.826. The van der Waals surface area contributed by atoms with Gasteiger partial charge in [0, 0.05) is 18.6 Å². The molecule has 2 atom stereocenters. The van der Waals surface area contributed by atoms with Gasteiger partial charge in [0.15, 0.2) is 0 Å². The van der Waals surface area contributed by atoms with E-state index in [1.165, 1.54) is 64.6 Å². The first-order valence-electron chi connectivity index (χ1n) is 6.91. The third kappa shape index (κ3) is 2.36. The quantitative estimate of drug-likeness (QED) is 0.695. The van der Waals surface area contributed by atoms with Crippen molar-refractivity contribution in [3.8, 4) is 0 Å². The maximum Gasteiger partial charge on any atom is 0.0250 e. The molecule has 3 rings (SSSR count). The van der Waals surface area contributed by atoms with Crippen LogP contribution in [0.15, 0.2) is 0 Å². The third-order valence-electron chi connectivity index (χ3n) is 4.50. The van der Waals surface area contributed by atoms with E-state index in [1.54, 1.807) is 0 Å². The van der Waals surface area contributed by atoms with Crippen molar-refractivity contribution in [1.29, 1.82) is 0 Å². The van der Waals surface area contributed by atoms with Crippen molar-refractivity contribution >= 4 is 0 Å². The summed E-state index contributed by atoms with van der Waals surface area (Å²) < 4.78 is 0. The number of hydrogen-bond acceptors (Lipinski definition) is 2. The van der Waals surface area contributed by atoms with Gasteiger partial charge < -0.3 is 5.32 Å². The molecular formula is C13H24N2. The van der Waals surface area contributed by atoms with Gasteiger partial charge in [0.25, 0.3) is 0 Å². The van der Waals surface area contributed by atoms with Crippen LogP contribution in [-0.2, 0) is 0 Å². The Hall–Kier alpha value is -0.0800. The van der Waals surface area contributed by atoms with Crippen molar-refractivity contribution in [2.75, 3.05) is 19.6 Å². The summed E-state index contributed by atoms with van der Waals surface area (Å²) in [7, 11) is 0. The Balaban J connectivity index is 1.35. The average Bonchev–Trinajstić information content (AvgIpc) is 2.80. The molecular weight excluding hydrogens is 184 g/mol. The van der Waals surface area contributed by atoms with Gasteiger partial charge in [-0.25, -0.2) is 0 Å². The Labute approximate surface area is 93.4 Å². The Bertz CT molecular complexity index is 213. The second kappa shape index (κ2) is 4.42. The minimum Gasteiger partial charge on any atom is -0.312 e. The molecule has 0 aromatic carbocycles. The zero-order valence-electron chi connectivity index (χ0n) is 9.75. The first-order chi connectivity index (χ1) is 7.43. The molecule has 86 valence electrons. The summed E-state index contributed by atoms with van der Waals surface area (Å²) in [5.41, 5.74) is 0. The average molecular weight is 208 g/mol. The number of nitrogens with one attached hydrogen (secondary N) is 1. The monoisotopic (exact) mass is 208 g/mol. The highest BCUT2D eigenvalue weighted by atomic mass is 15.2. The molecule has 0 radical (unpaired) electrons. The zero-order valence-corrected chi connectivity index (χ0v) is 9.75. The lowest BCUT2D eigenvalue weighted by Crippen LogP contribution is -2.39. The summed E-state index contributed by atoms with van der Waals surface area (Å²) in [6.45, 7) is 3.99. The van der Waals surface area contributed by atoms with E-state index in [2.05, 4.69) is 10.2 Å². The highest BCUT2D eigenvalue weighted by molar-refractivity contribution is 4.95. The molecule has 0 amide bonds. The summed E-state index contributed by atoms with van der Waals surface area (Å²) in [5.74, 6) is 1.11. The van der Waals surface area contributed by atoms with Gasteiger partial charge >= 0.3 is 0 Å². The van der Waals surface area contributed by atoms with Crippen LogP contribution in [0, 0.1) is 5.92 Å². The summed E-state index contributed by atoms with van der Waals surface area (Å²) in [6, 6.07) is 1.72. The highest BCUT2D eigenvalue weighted by Crippen LogP contribution is 2.33. The molecule has 2 nitrogen and oxygen atoms in total. The smallest absolute Gasteiger partial charge is 0.0250 e. The molecule has 1 N–H and O–H groups in total. The first-order valence-corrected chi connectivity index (χ1v) is 6.91. The van der Waals surface area contributed by atoms with Crippen LogP contribution in [0.3, 0.4) is 0 Å². The fourth-order valence-corrected chi connectivity index (χ4v) is 3.41. The van der Waals surface area contributed by atoms with Crippen LogP contribution < -0.4 is 5.32 Å². The van der Waals surface area contributed by atoms with E-state index in [-0.39, 0.29) is 0 Å². The van der Waals surface area contributed by atoms with Gasteiger partial charge in [-0.05, 0) is 51.1 Å². The highest BCUT2D eigenvalue weighted by Gasteiger charge is 2.36. The van der Waals surface area contributed by atoms with Crippen LogP contribution in [0.1, 0.15) is 44.9 Å². The molecule has 3 aliphatic rings. The van der Waals surface area contributed by atoms with Gasteiger partial charge in [0.1, 0.15) is 0 Å². The van der Waals surface area contributed by atoms with E-state index in [4.69, 9.17) is 0 Å². The maximum absolute atomic E-state index is 3.79. The lowest BCUT2D eigenvalue weighted by Gasteiger charge is -2.21. The molecule has 0 spiro atoms. The Morgan fingerprint density at radius 3 is 2.87 bits per heavy atom. The third-order valence-corrected chi connectivity index (χ3v) is 4.50. The molecule has 2 aliphatic heterocycles. The second-order valence-electron chi connectivity index (χ2n) is 5.68. The summed E-state index contributed by atoms with van der Waals surface area (Å²) >= 11 is 0. The predicted octanol–water partition coefficient (Wildman–Crippen LogP) is 2.00. The van der Waals surface area contributed by atoms with Crippen molar-refractivity contribution < 1.29 is 0 Å². The largest absolute Gasteiger partial charge is 0.312 e. The number of hydrogen-bond donors (Lipinski definition) is 1. The van der Waals surface area contributed by atoms with Gasteiger partial charge in [0.2, 0.25) is 0 Å². The molecule has 2 saturated heterocycles. The van der Waals surface area contributed by atoms with Crippen molar-refractivity contribution in [1.82, 2.24) is 10.2 Å². The van der Waals surface area contributed by atoms with Crippen molar-refractivity contribution in [3.05, 3.63) is 0 Å². The number of rotatable bonds is 5. The normalized spacial score (nSPS) is 36.0. The Kier molecular flexibility index (Phi) is 2.98.